The Labute approximate surface area is 87.4 Å². The van der Waals surface area contributed by atoms with Crippen LogP contribution in [0.15, 0.2) is 0 Å². The summed E-state index contributed by atoms with van der Waals surface area (Å²) < 4.78 is 5.50. The summed E-state index contributed by atoms with van der Waals surface area (Å²) in [6.45, 7) is 6.84. The topological polar surface area (TPSA) is 47.3 Å². The molecule has 0 bridgehead atoms. The van der Waals surface area contributed by atoms with E-state index in [1.165, 1.54) is 19.3 Å². The van der Waals surface area contributed by atoms with Gasteiger partial charge in [0.15, 0.2) is 0 Å². The van der Waals surface area contributed by atoms with Crippen molar-refractivity contribution in [3.8, 4) is 0 Å². The van der Waals surface area contributed by atoms with Gasteiger partial charge in [0.25, 0.3) is 0 Å². The summed E-state index contributed by atoms with van der Waals surface area (Å²) in [5, 5.41) is 3.36. The van der Waals surface area contributed by atoms with Crippen LogP contribution in [-0.4, -0.2) is 32.8 Å². The first-order valence-corrected chi connectivity index (χ1v) is 5.81. The van der Waals surface area contributed by atoms with Crippen molar-refractivity contribution >= 4 is 0 Å². The first-order valence-electron chi connectivity index (χ1n) is 5.81. The number of hydrogen-bond donors (Lipinski definition) is 2. The molecule has 1 rings (SSSR count). The van der Waals surface area contributed by atoms with Gasteiger partial charge in [0, 0.05) is 13.2 Å². The third kappa shape index (κ3) is 6.35. The number of nitrogens with one attached hydrogen (secondary N) is 1. The van der Waals surface area contributed by atoms with E-state index in [-0.39, 0.29) is 0 Å². The van der Waals surface area contributed by atoms with Crippen LogP contribution in [0, 0.1) is 11.8 Å². The van der Waals surface area contributed by atoms with E-state index in [0.29, 0.717) is 5.92 Å². The zero-order chi connectivity index (χ0) is 10.2. The molecule has 3 heteroatoms. The molecule has 0 heterocycles. The van der Waals surface area contributed by atoms with Crippen molar-refractivity contribution in [3.05, 3.63) is 0 Å². The number of hydrogen-bond acceptors (Lipinski definition) is 3. The predicted octanol–water partition coefficient (Wildman–Crippen LogP) is 0.987. The number of rotatable bonds is 9. The summed E-state index contributed by atoms with van der Waals surface area (Å²) in [6, 6.07) is 0. The molecule has 0 aromatic heterocycles. The summed E-state index contributed by atoms with van der Waals surface area (Å²) >= 11 is 0. The van der Waals surface area contributed by atoms with Crippen LogP contribution in [0.25, 0.3) is 0 Å². The third-order valence-corrected chi connectivity index (χ3v) is 2.69. The molecule has 0 saturated heterocycles. The van der Waals surface area contributed by atoms with Crippen LogP contribution in [0.3, 0.4) is 0 Å². The van der Waals surface area contributed by atoms with Gasteiger partial charge in [-0.1, -0.05) is 6.92 Å². The minimum Gasteiger partial charge on any atom is -0.380 e. The molecule has 14 heavy (non-hydrogen) atoms. The summed E-state index contributed by atoms with van der Waals surface area (Å²) in [5.41, 5.74) is 5.52. The summed E-state index contributed by atoms with van der Waals surface area (Å²) in [6.07, 6.45) is 3.92. The summed E-state index contributed by atoms with van der Waals surface area (Å²) in [4.78, 5) is 0. The quantitative estimate of drug-likeness (QED) is 0.546. The molecule has 0 amide bonds. The molecule has 84 valence electrons. The Hall–Kier alpha value is -0.120. The number of ether oxygens (including phenoxy) is 1. The van der Waals surface area contributed by atoms with Gasteiger partial charge in [-0.2, -0.15) is 0 Å². The molecule has 0 aliphatic heterocycles. The van der Waals surface area contributed by atoms with Gasteiger partial charge in [0.2, 0.25) is 0 Å². The molecule has 1 aliphatic rings. The van der Waals surface area contributed by atoms with Crippen molar-refractivity contribution in [3.63, 3.8) is 0 Å². The fraction of sp³-hybridized carbons (Fsp3) is 1.00. The molecule has 0 spiro atoms. The fourth-order valence-electron chi connectivity index (χ4n) is 1.27. The second-order valence-electron chi connectivity index (χ2n) is 4.40. The maximum atomic E-state index is 5.52. The molecule has 3 N–H and O–H groups in total. The van der Waals surface area contributed by atoms with E-state index in [1.807, 2.05) is 0 Å². The Bertz CT molecular complexity index is 137. The van der Waals surface area contributed by atoms with Gasteiger partial charge in [-0.05, 0) is 44.2 Å². The Morgan fingerprint density at radius 1 is 1.43 bits per heavy atom. The maximum absolute atomic E-state index is 5.52. The lowest BCUT2D eigenvalue weighted by molar-refractivity contribution is 0.126. The lowest BCUT2D eigenvalue weighted by Gasteiger charge is -2.09. The highest BCUT2D eigenvalue weighted by atomic mass is 16.5. The van der Waals surface area contributed by atoms with E-state index in [2.05, 4.69) is 12.2 Å². The Balaban J connectivity index is 1.70. The smallest absolute Gasteiger partial charge is 0.0591 e. The van der Waals surface area contributed by atoms with Crippen LogP contribution < -0.4 is 11.1 Å². The molecule has 1 atom stereocenters. The lowest BCUT2D eigenvalue weighted by Crippen LogP contribution is -2.24. The van der Waals surface area contributed by atoms with Crippen molar-refractivity contribution in [2.45, 2.75) is 26.2 Å². The van der Waals surface area contributed by atoms with Gasteiger partial charge in [-0.25, -0.2) is 0 Å². The van der Waals surface area contributed by atoms with E-state index in [4.69, 9.17) is 10.5 Å². The van der Waals surface area contributed by atoms with Crippen molar-refractivity contribution in [1.82, 2.24) is 5.32 Å². The Morgan fingerprint density at radius 3 is 2.86 bits per heavy atom. The molecule has 1 saturated carbocycles. The molecule has 0 aromatic rings. The summed E-state index contributed by atoms with van der Waals surface area (Å²) in [5.74, 6) is 1.52. The van der Waals surface area contributed by atoms with Crippen LogP contribution in [0.2, 0.25) is 0 Å². The van der Waals surface area contributed by atoms with Gasteiger partial charge in [-0.3, -0.25) is 0 Å². The average Bonchev–Trinajstić information content (AvgIpc) is 2.99. The highest BCUT2D eigenvalue weighted by molar-refractivity contribution is 4.71. The Morgan fingerprint density at radius 2 is 2.21 bits per heavy atom. The second-order valence-corrected chi connectivity index (χ2v) is 4.40. The van der Waals surface area contributed by atoms with Crippen LogP contribution >= 0.6 is 0 Å². The van der Waals surface area contributed by atoms with Crippen LogP contribution in [0.5, 0.6) is 0 Å². The maximum Gasteiger partial charge on any atom is 0.0591 e. The minimum absolute atomic E-state index is 0.634. The monoisotopic (exact) mass is 200 g/mol. The highest BCUT2D eigenvalue weighted by Crippen LogP contribution is 2.28. The molecule has 0 radical (unpaired) electrons. The summed E-state index contributed by atoms with van der Waals surface area (Å²) in [7, 11) is 0. The zero-order valence-electron chi connectivity index (χ0n) is 9.30. The van der Waals surface area contributed by atoms with Gasteiger partial charge >= 0.3 is 0 Å². The predicted molar refractivity (Wildman–Crippen MR) is 59.2 cm³/mol. The van der Waals surface area contributed by atoms with Gasteiger partial charge < -0.3 is 15.8 Å². The second kappa shape index (κ2) is 7.21. The first kappa shape index (κ1) is 12.0. The fourth-order valence-corrected chi connectivity index (χ4v) is 1.27. The van der Waals surface area contributed by atoms with E-state index in [9.17, 15) is 0 Å². The molecule has 1 aliphatic carbocycles. The van der Waals surface area contributed by atoms with Crippen LogP contribution in [-0.2, 0) is 4.74 Å². The third-order valence-electron chi connectivity index (χ3n) is 2.69. The van der Waals surface area contributed by atoms with Crippen molar-refractivity contribution < 1.29 is 4.74 Å². The lowest BCUT2D eigenvalue weighted by atomic mass is 10.1. The molecular formula is C11H24N2O. The standard InChI is InChI=1S/C11H24N2O/c1-10(8-12)4-5-13-6-7-14-9-11-2-3-11/h10-11,13H,2-9,12H2,1H3. The SMILES string of the molecule is CC(CN)CCNCCOCC1CC1. The number of nitrogens with two attached hydrogens (primary N) is 1. The van der Waals surface area contributed by atoms with Crippen LogP contribution in [0.4, 0.5) is 0 Å². The first-order chi connectivity index (χ1) is 6.83. The van der Waals surface area contributed by atoms with Crippen LogP contribution in [0.1, 0.15) is 26.2 Å². The molecular weight excluding hydrogens is 176 g/mol. The Kier molecular flexibility index (Phi) is 6.15. The molecule has 0 aromatic carbocycles. The molecule has 1 fully saturated rings. The average molecular weight is 200 g/mol. The van der Waals surface area contributed by atoms with Crippen molar-refractivity contribution in [2.24, 2.45) is 17.6 Å². The largest absolute Gasteiger partial charge is 0.380 e. The van der Waals surface area contributed by atoms with Crippen molar-refractivity contribution in [2.75, 3.05) is 32.8 Å². The minimum atomic E-state index is 0.634. The normalized spacial score (nSPS) is 18.4. The van der Waals surface area contributed by atoms with E-state index in [1.54, 1.807) is 0 Å². The van der Waals surface area contributed by atoms with Gasteiger partial charge in [0.1, 0.15) is 0 Å². The highest BCUT2D eigenvalue weighted by Gasteiger charge is 2.20. The van der Waals surface area contributed by atoms with Crippen molar-refractivity contribution in [1.29, 1.82) is 0 Å². The molecule has 1 unspecified atom stereocenters. The zero-order valence-corrected chi connectivity index (χ0v) is 9.30. The van der Waals surface area contributed by atoms with Gasteiger partial charge in [0.05, 0.1) is 6.61 Å². The van der Waals surface area contributed by atoms with E-state index >= 15 is 0 Å². The van der Waals surface area contributed by atoms with E-state index in [0.717, 1.165) is 38.8 Å². The van der Waals surface area contributed by atoms with E-state index < -0.39 is 0 Å². The van der Waals surface area contributed by atoms with Gasteiger partial charge in [-0.15, -0.1) is 0 Å². The molecule has 3 nitrogen and oxygen atoms in total.